The molecule has 1 saturated heterocycles. The second-order valence-corrected chi connectivity index (χ2v) is 6.99. The maximum absolute atomic E-state index is 12.6. The van der Waals surface area contributed by atoms with Crippen LogP contribution in [0.15, 0.2) is 53.8 Å². The molecule has 1 aromatic carbocycles. The summed E-state index contributed by atoms with van der Waals surface area (Å²) in [7, 11) is 1.57. The summed E-state index contributed by atoms with van der Waals surface area (Å²) in [6.07, 6.45) is 2.98. The van der Waals surface area contributed by atoms with Crippen LogP contribution in [0.1, 0.15) is 6.42 Å². The third-order valence-electron chi connectivity index (χ3n) is 5.01. The lowest BCUT2D eigenvalue weighted by Gasteiger charge is -2.17. The van der Waals surface area contributed by atoms with Crippen LogP contribution in [0, 0.1) is 5.92 Å². The molecule has 1 aliphatic heterocycles. The third kappa shape index (κ3) is 4.44. The van der Waals surface area contributed by atoms with Crippen molar-refractivity contribution in [3.8, 4) is 11.6 Å². The van der Waals surface area contributed by atoms with Crippen molar-refractivity contribution in [3.05, 3.63) is 59.4 Å². The minimum Gasteiger partial charge on any atom is -0.497 e. The topological polar surface area (TPSA) is 124 Å². The van der Waals surface area contributed by atoms with E-state index in [-0.39, 0.29) is 36.9 Å². The van der Waals surface area contributed by atoms with Crippen LogP contribution in [0.5, 0.6) is 5.75 Å². The molecule has 0 aliphatic carbocycles. The number of nitrogens with one attached hydrogen (secondary N) is 1. The van der Waals surface area contributed by atoms with Crippen LogP contribution < -0.4 is 20.5 Å². The predicted molar refractivity (Wildman–Crippen MR) is 110 cm³/mol. The Kier molecular flexibility index (Phi) is 5.74. The standard InChI is InChI=1S/C20H21N7O4/c1-31-16-4-2-15(3-5-16)25-11-14(10-19(25)29)20(30)22-8-9-26-18(28)7-6-17(24-26)27-13-21-12-23-27/h2-7,12-14H,8-11H2,1H3,(H,22,30). The van der Waals surface area contributed by atoms with E-state index < -0.39 is 5.92 Å². The van der Waals surface area contributed by atoms with E-state index >= 15 is 0 Å². The highest BCUT2D eigenvalue weighted by Crippen LogP contribution is 2.26. The lowest BCUT2D eigenvalue weighted by atomic mass is 10.1. The summed E-state index contributed by atoms with van der Waals surface area (Å²) in [5.74, 6) is 0.343. The van der Waals surface area contributed by atoms with Crippen LogP contribution in [-0.4, -0.2) is 56.6 Å². The molecule has 0 saturated carbocycles. The molecule has 3 aromatic rings. The van der Waals surface area contributed by atoms with Crippen LogP contribution in [0.2, 0.25) is 0 Å². The number of amides is 2. The molecule has 160 valence electrons. The van der Waals surface area contributed by atoms with Crippen molar-refractivity contribution < 1.29 is 14.3 Å². The van der Waals surface area contributed by atoms with E-state index in [1.165, 1.54) is 28.1 Å². The van der Waals surface area contributed by atoms with Gasteiger partial charge in [0.1, 0.15) is 18.4 Å². The van der Waals surface area contributed by atoms with Gasteiger partial charge in [0, 0.05) is 31.3 Å². The molecular weight excluding hydrogens is 402 g/mol. The Morgan fingerprint density at radius 1 is 1.19 bits per heavy atom. The molecule has 1 N–H and O–H groups in total. The lowest BCUT2D eigenvalue weighted by Crippen LogP contribution is -2.36. The van der Waals surface area contributed by atoms with Gasteiger partial charge in [0.05, 0.1) is 19.6 Å². The lowest BCUT2D eigenvalue weighted by molar-refractivity contribution is -0.126. The minimum atomic E-state index is -0.458. The Labute approximate surface area is 177 Å². The highest BCUT2D eigenvalue weighted by molar-refractivity contribution is 6.00. The largest absolute Gasteiger partial charge is 0.497 e. The van der Waals surface area contributed by atoms with E-state index in [1.54, 1.807) is 42.3 Å². The Morgan fingerprint density at radius 3 is 2.71 bits per heavy atom. The molecule has 1 unspecified atom stereocenters. The Morgan fingerprint density at radius 2 is 2.00 bits per heavy atom. The molecule has 11 nitrogen and oxygen atoms in total. The molecule has 1 fully saturated rings. The fourth-order valence-corrected chi connectivity index (χ4v) is 3.37. The molecule has 3 heterocycles. The first-order chi connectivity index (χ1) is 15.0. The number of carbonyl (C=O) groups excluding carboxylic acids is 2. The average Bonchev–Trinajstić information content (AvgIpc) is 3.45. The van der Waals surface area contributed by atoms with Crippen LogP contribution in [0.25, 0.3) is 5.82 Å². The molecule has 0 bridgehead atoms. The van der Waals surface area contributed by atoms with Crippen molar-refractivity contribution in [1.29, 1.82) is 0 Å². The highest BCUT2D eigenvalue weighted by atomic mass is 16.5. The van der Waals surface area contributed by atoms with Crippen LogP contribution in [0.3, 0.4) is 0 Å². The van der Waals surface area contributed by atoms with Gasteiger partial charge in [-0.1, -0.05) is 0 Å². The second-order valence-electron chi connectivity index (χ2n) is 6.99. The van der Waals surface area contributed by atoms with Gasteiger partial charge in [-0.2, -0.15) is 5.10 Å². The summed E-state index contributed by atoms with van der Waals surface area (Å²) in [6, 6.07) is 10.1. The zero-order valence-electron chi connectivity index (χ0n) is 16.8. The molecule has 11 heteroatoms. The Hall–Kier alpha value is -4.02. The average molecular weight is 423 g/mol. The van der Waals surface area contributed by atoms with Crippen LogP contribution in [0.4, 0.5) is 5.69 Å². The zero-order valence-corrected chi connectivity index (χ0v) is 16.8. The molecule has 2 amide bonds. The van der Waals surface area contributed by atoms with Gasteiger partial charge in [-0.3, -0.25) is 14.4 Å². The maximum atomic E-state index is 12.6. The minimum absolute atomic E-state index is 0.108. The second kappa shape index (κ2) is 8.78. The van der Waals surface area contributed by atoms with Gasteiger partial charge in [-0.05, 0) is 30.3 Å². The van der Waals surface area contributed by atoms with Crippen LogP contribution >= 0.6 is 0 Å². The van der Waals surface area contributed by atoms with Crippen molar-refractivity contribution in [2.75, 3.05) is 25.1 Å². The smallest absolute Gasteiger partial charge is 0.266 e. The number of ether oxygens (including phenoxy) is 1. The molecule has 1 atom stereocenters. The monoisotopic (exact) mass is 423 g/mol. The normalized spacial score (nSPS) is 15.8. The fraction of sp³-hybridized carbons (Fsp3) is 0.300. The molecule has 4 rings (SSSR count). The van der Waals surface area contributed by atoms with E-state index in [0.717, 1.165) is 5.69 Å². The summed E-state index contributed by atoms with van der Waals surface area (Å²) in [5.41, 5.74) is 0.432. The van der Waals surface area contributed by atoms with Gasteiger partial charge < -0.3 is 15.0 Å². The van der Waals surface area contributed by atoms with Gasteiger partial charge >= 0.3 is 0 Å². The summed E-state index contributed by atoms with van der Waals surface area (Å²) < 4.78 is 7.82. The first-order valence-electron chi connectivity index (χ1n) is 9.70. The molecular formula is C20H21N7O4. The Balaban J connectivity index is 1.34. The number of carbonyl (C=O) groups is 2. The Bertz CT molecular complexity index is 1130. The van der Waals surface area contributed by atoms with Gasteiger partial charge in [-0.15, -0.1) is 5.10 Å². The molecule has 0 radical (unpaired) electrons. The molecule has 0 spiro atoms. The van der Waals surface area contributed by atoms with Crippen molar-refractivity contribution >= 4 is 17.5 Å². The van der Waals surface area contributed by atoms with E-state index in [9.17, 15) is 14.4 Å². The maximum Gasteiger partial charge on any atom is 0.266 e. The zero-order chi connectivity index (χ0) is 21.8. The van der Waals surface area contributed by atoms with Gasteiger partial charge in [-0.25, -0.2) is 14.3 Å². The first-order valence-corrected chi connectivity index (χ1v) is 9.70. The number of methoxy groups -OCH3 is 1. The van der Waals surface area contributed by atoms with Gasteiger partial charge in [0.2, 0.25) is 11.8 Å². The summed E-state index contributed by atoms with van der Waals surface area (Å²) >= 11 is 0. The molecule has 1 aliphatic rings. The van der Waals surface area contributed by atoms with Crippen LogP contribution in [-0.2, 0) is 16.1 Å². The van der Waals surface area contributed by atoms with E-state index in [4.69, 9.17) is 4.74 Å². The van der Waals surface area contributed by atoms with Crippen molar-refractivity contribution in [2.45, 2.75) is 13.0 Å². The highest BCUT2D eigenvalue weighted by Gasteiger charge is 2.34. The number of rotatable bonds is 7. The van der Waals surface area contributed by atoms with Crippen molar-refractivity contribution in [3.63, 3.8) is 0 Å². The molecule has 31 heavy (non-hydrogen) atoms. The summed E-state index contributed by atoms with van der Waals surface area (Å²) in [5, 5.41) is 11.0. The number of benzene rings is 1. The quantitative estimate of drug-likeness (QED) is 0.567. The summed E-state index contributed by atoms with van der Waals surface area (Å²) in [6.45, 7) is 0.701. The number of hydrogen-bond acceptors (Lipinski definition) is 7. The number of hydrogen-bond donors (Lipinski definition) is 1. The SMILES string of the molecule is COc1ccc(N2CC(C(=O)NCCn3nc(-n4cncn4)ccc3=O)CC2=O)cc1. The summed E-state index contributed by atoms with van der Waals surface area (Å²) in [4.78, 5) is 42.4. The van der Waals surface area contributed by atoms with E-state index in [0.29, 0.717) is 18.1 Å². The number of nitrogens with zero attached hydrogens (tertiary/aromatic N) is 6. The third-order valence-corrected chi connectivity index (χ3v) is 5.01. The number of anilines is 1. The van der Waals surface area contributed by atoms with Gasteiger partial charge in [0.25, 0.3) is 5.56 Å². The van der Waals surface area contributed by atoms with E-state index in [2.05, 4.69) is 20.5 Å². The fourth-order valence-electron chi connectivity index (χ4n) is 3.37. The van der Waals surface area contributed by atoms with Gasteiger partial charge in [0.15, 0.2) is 5.82 Å². The number of aromatic nitrogens is 5. The van der Waals surface area contributed by atoms with Crippen molar-refractivity contribution in [1.82, 2.24) is 29.9 Å². The molecule has 2 aromatic heterocycles. The van der Waals surface area contributed by atoms with E-state index in [1.807, 2.05) is 0 Å². The van der Waals surface area contributed by atoms with Crippen molar-refractivity contribution in [2.24, 2.45) is 5.92 Å². The predicted octanol–water partition coefficient (Wildman–Crippen LogP) is 0.00190. The first kappa shape index (κ1) is 20.3.